The van der Waals surface area contributed by atoms with E-state index in [-0.39, 0.29) is 23.6 Å². The predicted octanol–water partition coefficient (Wildman–Crippen LogP) is 3.61. The van der Waals surface area contributed by atoms with E-state index in [1.54, 1.807) is 0 Å². The topological polar surface area (TPSA) is 60.9 Å². The highest BCUT2D eigenvalue weighted by molar-refractivity contribution is 5.97. The summed E-state index contributed by atoms with van der Waals surface area (Å²) in [5, 5.41) is 9.11. The van der Waals surface area contributed by atoms with E-state index < -0.39 is 17.7 Å². The van der Waals surface area contributed by atoms with Gasteiger partial charge >= 0.3 is 12.1 Å². The Morgan fingerprint density at radius 2 is 1.57 bits per heavy atom. The Kier molecular flexibility index (Phi) is 6.80. The molecule has 28 heavy (non-hydrogen) atoms. The number of carboxylic acid groups (broad SMARTS) is 1. The maximum absolute atomic E-state index is 12.9. The van der Waals surface area contributed by atoms with Crippen molar-refractivity contribution >= 4 is 11.9 Å². The van der Waals surface area contributed by atoms with E-state index in [0.717, 1.165) is 12.1 Å². The quantitative estimate of drug-likeness (QED) is 0.780. The summed E-state index contributed by atoms with van der Waals surface area (Å²) in [4.78, 5) is 27.4. The van der Waals surface area contributed by atoms with Gasteiger partial charge < -0.3 is 14.9 Å². The molecule has 0 unspecified atom stereocenters. The Balaban J connectivity index is 2.25. The molecule has 0 saturated heterocycles. The molecule has 5 nitrogen and oxygen atoms in total. The summed E-state index contributed by atoms with van der Waals surface area (Å²) < 4.78 is 38.2. The van der Waals surface area contributed by atoms with E-state index in [9.17, 15) is 22.8 Å². The lowest BCUT2D eigenvalue weighted by atomic mass is 10.1. The van der Waals surface area contributed by atoms with E-state index in [4.69, 9.17) is 5.11 Å². The van der Waals surface area contributed by atoms with Crippen LogP contribution in [0, 0.1) is 0 Å². The molecule has 0 radical (unpaired) electrons. The Morgan fingerprint density at radius 3 is 2.11 bits per heavy atom. The molecule has 0 aliphatic carbocycles. The van der Waals surface area contributed by atoms with Gasteiger partial charge in [0, 0.05) is 25.2 Å². The van der Waals surface area contributed by atoms with Gasteiger partial charge in [-0.25, -0.2) is 4.79 Å². The summed E-state index contributed by atoms with van der Waals surface area (Å²) in [5.74, 6) is -1.53. The lowest BCUT2D eigenvalue weighted by Gasteiger charge is -2.25. The van der Waals surface area contributed by atoms with Crippen molar-refractivity contribution in [2.24, 2.45) is 0 Å². The summed E-state index contributed by atoms with van der Waals surface area (Å²) in [6.07, 6.45) is -4.42. The number of likely N-dealkylation sites (N-methyl/N-ethyl adjacent to an activating group) is 1. The highest BCUT2D eigenvalue weighted by Crippen LogP contribution is 2.29. The van der Waals surface area contributed by atoms with Crippen LogP contribution in [0.25, 0.3) is 0 Å². The molecule has 0 bridgehead atoms. The minimum absolute atomic E-state index is 0.00654. The average Bonchev–Trinajstić information content (AvgIpc) is 2.64. The lowest BCUT2D eigenvalue weighted by Crippen LogP contribution is -2.36. The van der Waals surface area contributed by atoms with Gasteiger partial charge in [0.1, 0.15) is 0 Å². The molecular weight excluding hydrogens is 373 g/mol. The third kappa shape index (κ3) is 5.82. The smallest absolute Gasteiger partial charge is 0.416 e. The first kappa shape index (κ1) is 21.4. The minimum Gasteiger partial charge on any atom is -0.478 e. The van der Waals surface area contributed by atoms with Crippen LogP contribution in [0.15, 0.2) is 48.5 Å². The van der Waals surface area contributed by atoms with Crippen molar-refractivity contribution < 1.29 is 27.9 Å². The summed E-state index contributed by atoms with van der Waals surface area (Å²) >= 11 is 0. The van der Waals surface area contributed by atoms with E-state index in [1.807, 2.05) is 19.0 Å². The molecule has 150 valence electrons. The normalized spacial score (nSPS) is 11.5. The monoisotopic (exact) mass is 394 g/mol. The van der Waals surface area contributed by atoms with Gasteiger partial charge in [-0.2, -0.15) is 13.2 Å². The van der Waals surface area contributed by atoms with Gasteiger partial charge in [0.25, 0.3) is 5.91 Å². The number of halogens is 3. The molecule has 0 aliphatic rings. The largest absolute Gasteiger partial charge is 0.478 e. The van der Waals surface area contributed by atoms with Crippen molar-refractivity contribution in [2.45, 2.75) is 12.7 Å². The average molecular weight is 394 g/mol. The first-order valence-corrected chi connectivity index (χ1v) is 8.51. The third-order valence-corrected chi connectivity index (χ3v) is 4.12. The lowest BCUT2D eigenvalue weighted by molar-refractivity contribution is -0.137. The fourth-order valence-corrected chi connectivity index (χ4v) is 2.56. The van der Waals surface area contributed by atoms with Gasteiger partial charge in [-0.05, 0) is 50.0 Å². The van der Waals surface area contributed by atoms with Crippen LogP contribution < -0.4 is 0 Å². The molecule has 0 aromatic heterocycles. The van der Waals surface area contributed by atoms with E-state index in [0.29, 0.717) is 18.7 Å². The molecule has 0 heterocycles. The van der Waals surface area contributed by atoms with Gasteiger partial charge in [-0.3, -0.25) is 4.79 Å². The minimum atomic E-state index is -4.42. The number of hydrogen-bond donors (Lipinski definition) is 1. The molecule has 0 atom stereocenters. The van der Waals surface area contributed by atoms with Crippen molar-refractivity contribution in [3.63, 3.8) is 0 Å². The predicted molar refractivity (Wildman–Crippen MR) is 98.1 cm³/mol. The molecule has 0 spiro atoms. The zero-order valence-corrected chi connectivity index (χ0v) is 15.5. The van der Waals surface area contributed by atoms with Gasteiger partial charge in [-0.15, -0.1) is 0 Å². The molecule has 2 aromatic carbocycles. The standard InChI is InChI=1S/C20H21F3N2O3/c1-24(2)10-11-25(13-14-6-8-17(9-7-14)20(21,22)23)18(26)15-4-3-5-16(12-15)19(27)28/h3-9,12H,10-11,13H2,1-2H3,(H,27,28). The van der Waals surface area contributed by atoms with Gasteiger partial charge in [-0.1, -0.05) is 18.2 Å². The number of carboxylic acids is 1. The highest BCUT2D eigenvalue weighted by Gasteiger charge is 2.30. The zero-order valence-electron chi connectivity index (χ0n) is 15.5. The number of hydrogen-bond acceptors (Lipinski definition) is 3. The second kappa shape index (κ2) is 8.88. The number of aromatic carboxylic acids is 1. The second-order valence-electron chi connectivity index (χ2n) is 6.61. The maximum atomic E-state index is 12.9. The Hall–Kier alpha value is -2.87. The number of alkyl halides is 3. The fourth-order valence-electron chi connectivity index (χ4n) is 2.56. The van der Waals surface area contributed by atoms with E-state index in [1.165, 1.54) is 41.3 Å². The number of rotatable bonds is 7. The van der Waals surface area contributed by atoms with Gasteiger partial charge in [0.2, 0.25) is 0 Å². The van der Waals surface area contributed by atoms with Crippen LogP contribution in [0.4, 0.5) is 13.2 Å². The summed E-state index contributed by atoms with van der Waals surface area (Å²) in [6.45, 7) is 0.997. The summed E-state index contributed by atoms with van der Waals surface area (Å²) in [6, 6.07) is 10.3. The molecule has 1 N–H and O–H groups in total. The molecule has 2 rings (SSSR count). The van der Waals surface area contributed by atoms with Crippen LogP contribution in [-0.4, -0.2) is 54.0 Å². The highest BCUT2D eigenvalue weighted by atomic mass is 19.4. The second-order valence-corrected chi connectivity index (χ2v) is 6.61. The third-order valence-electron chi connectivity index (χ3n) is 4.12. The van der Waals surface area contributed by atoms with Crippen LogP contribution in [0.2, 0.25) is 0 Å². The Labute approximate surface area is 161 Å². The van der Waals surface area contributed by atoms with Crippen LogP contribution >= 0.6 is 0 Å². The van der Waals surface area contributed by atoms with Crippen molar-refractivity contribution in [3.8, 4) is 0 Å². The molecule has 0 saturated carbocycles. The number of carbonyl (C=O) groups excluding carboxylic acids is 1. The first-order chi connectivity index (χ1) is 13.1. The molecule has 0 fully saturated rings. The van der Waals surface area contributed by atoms with E-state index in [2.05, 4.69) is 0 Å². The number of amides is 1. The summed E-state index contributed by atoms with van der Waals surface area (Å²) in [5.41, 5.74) is 0.00424. The Bertz CT molecular complexity index is 833. The SMILES string of the molecule is CN(C)CCN(Cc1ccc(C(F)(F)F)cc1)C(=O)c1cccc(C(=O)O)c1. The molecule has 8 heteroatoms. The van der Waals surface area contributed by atoms with Gasteiger partial charge in [0.15, 0.2) is 0 Å². The summed E-state index contributed by atoms with van der Waals surface area (Å²) in [7, 11) is 3.68. The van der Waals surface area contributed by atoms with Crippen molar-refractivity contribution in [2.75, 3.05) is 27.2 Å². The molecule has 0 aliphatic heterocycles. The van der Waals surface area contributed by atoms with Crippen molar-refractivity contribution in [1.82, 2.24) is 9.80 Å². The van der Waals surface area contributed by atoms with Crippen LogP contribution in [0.1, 0.15) is 31.8 Å². The van der Waals surface area contributed by atoms with Crippen molar-refractivity contribution in [1.29, 1.82) is 0 Å². The van der Waals surface area contributed by atoms with Crippen LogP contribution in [0.3, 0.4) is 0 Å². The number of benzene rings is 2. The maximum Gasteiger partial charge on any atom is 0.416 e. The van der Waals surface area contributed by atoms with E-state index >= 15 is 0 Å². The first-order valence-electron chi connectivity index (χ1n) is 8.51. The van der Waals surface area contributed by atoms with Crippen molar-refractivity contribution in [3.05, 3.63) is 70.8 Å². The zero-order chi connectivity index (χ0) is 20.9. The van der Waals surface area contributed by atoms with Crippen LogP contribution in [0.5, 0.6) is 0 Å². The van der Waals surface area contributed by atoms with Gasteiger partial charge in [0.05, 0.1) is 11.1 Å². The molecule has 1 amide bonds. The number of nitrogens with zero attached hydrogens (tertiary/aromatic N) is 2. The van der Waals surface area contributed by atoms with Crippen LogP contribution in [-0.2, 0) is 12.7 Å². The molecule has 2 aromatic rings. The number of carbonyl (C=O) groups is 2. The fraction of sp³-hybridized carbons (Fsp3) is 0.300. The Morgan fingerprint density at radius 1 is 0.964 bits per heavy atom. The molecular formula is C20H21F3N2O3.